The van der Waals surface area contributed by atoms with Gasteiger partial charge in [0.15, 0.2) is 0 Å². The first-order valence-electron chi connectivity index (χ1n) is 5.29. The summed E-state index contributed by atoms with van der Waals surface area (Å²) in [4.78, 5) is 15.6. The van der Waals surface area contributed by atoms with E-state index in [0.717, 1.165) is 24.1 Å². The quantitative estimate of drug-likeness (QED) is 0.481. The standard InChI is InChI=1S/C12H16N2O2/c1-3-7-11(14-16-12(15)13-2)10-8-5-4-6-9-10/h4-6,8-9H,3,7H2,1-2H3,(H,13,15)/b14-11-. The summed E-state index contributed by atoms with van der Waals surface area (Å²) in [6.07, 6.45) is 1.18. The van der Waals surface area contributed by atoms with Crippen molar-refractivity contribution in [3.63, 3.8) is 0 Å². The second-order valence-electron chi connectivity index (χ2n) is 3.28. The first-order chi connectivity index (χ1) is 7.77. The highest BCUT2D eigenvalue weighted by Crippen LogP contribution is 2.06. The van der Waals surface area contributed by atoms with E-state index >= 15 is 0 Å². The lowest BCUT2D eigenvalue weighted by Crippen LogP contribution is -2.17. The zero-order valence-corrected chi connectivity index (χ0v) is 9.56. The molecule has 0 heterocycles. The lowest BCUT2D eigenvalue weighted by atomic mass is 10.1. The van der Waals surface area contributed by atoms with Gasteiger partial charge in [0, 0.05) is 7.05 Å². The number of hydrogen-bond donors (Lipinski definition) is 1. The van der Waals surface area contributed by atoms with Crippen molar-refractivity contribution in [2.45, 2.75) is 19.8 Å². The van der Waals surface area contributed by atoms with E-state index in [9.17, 15) is 4.79 Å². The Hall–Kier alpha value is -1.84. The Labute approximate surface area is 95.3 Å². The molecule has 0 aliphatic heterocycles. The van der Waals surface area contributed by atoms with Gasteiger partial charge in [-0.1, -0.05) is 48.8 Å². The molecule has 86 valence electrons. The van der Waals surface area contributed by atoms with Crippen molar-refractivity contribution in [3.8, 4) is 0 Å². The second-order valence-corrected chi connectivity index (χ2v) is 3.28. The first kappa shape index (κ1) is 12.2. The van der Waals surface area contributed by atoms with Crippen molar-refractivity contribution < 1.29 is 9.63 Å². The number of oxime groups is 1. The largest absolute Gasteiger partial charge is 0.433 e. The minimum atomic E-state index is -0.551. The molecular formula is C12H16N2O2. The number of amides is 1. The molecule has 0 aliphatic rings. The summed E-state index contributed by atoms with van der Waals surface area (Å²) in [6.45, 7) is 2.05. The fourth-order valence-corrected chi connectivity index (χ4v) is 1.25. The summed E-state index contributed by atoms with van der Waals surface area (Å²) in [5.74, 6) is 0. The fraction of sp³-hybridized carbons (Fsp3) is 0.333. The van der Waals surface area contributed by atoms with Crippen LogP contribution in [0.2, 0.25) is 0 Å². The van der Waals surface area contributed by atoms with Gasteiger partial charge in [0.1, 0.15) is 0 Å². The summed E-state index contributed by atoms with van der Waals surface area (Å²) in [6, 6.07) is 9.69. The summed E-state index contributed by atoms with van der Waals surface area (Å²) in [5, 5.41) is 6.20. The van der Waals surface area contributed by atoms with E-state index in [-0.39, 0.29) is 0 Å². The fourth-order valence-electron chi connectivity index (χ4n) is 1.25. The topological polar surface area (TPSA) is 50.7 Å². The highest BCUT2D eigenvalue weighted by Gasteiger charge is 2.04. The molecular weight excluding hydrogens is 204 g/mol. The maximum absolute atomic E-state index is 10.9. The zero-order valence-electron chi connectivity index (χ0n) is 9.56. The average Bonchev–Trinajstić information content (AvgIpc) is 2.35. The van der Waals surface area contributed by atoms with Crippen LogP contribution in [0.15, 0.2) is 35.5 Å². The van der Waals surface area contributed by atoms with Crippen LogP contribution in [-0.4, -0.2) is 18.9 Å². The van der Waals surface area contributed by atoms with Gasteiger partial charge < -0.3 is 5.32 Å². The summed E-state index contributed by atoms with van der Waals surface area (Å²) >= 11 is 0. The molecule has 0 saturated heterocycles. The molecule has 4 heteroatoms. The van der Waals surface area contributed by atoms with Crippen LogP contribution in [0, 0.1) is 0 Å². The van der Waals surface area contributed by atoms with Gasteiger partial charge in [0.25, 0.3) is 0 Å². The molecule has 16 heavy (non-hydrogen) atoms. The van der Waals surface area contributed by atoms with Crippen LogP contribution in [0.4, 0.5) is 4.79 Å². The van der Waals surface area contributed by atoms with E-state index in [1.54, 1.807) is 0 Å². The Morgan fingerprint density at radius 1 is 1.38 bits per heavy atom. The number of benzene rings is 1. The summed E-state index contributed by atoms with van der Waals surface area (Å²) in [7, 11) is 1.50. The summed E-state index contributed by atoms with van der Waals surface area (Å²) in [5.41, 5.74) is 1.76. The third-order valence-corrected chi connectivity index (χ3v) is 2.04. The van der Waals surface area contributed by atoms with E-state index in [2.05, 4.69) is 17.4 Å². The minimum Gasteiger partial charge on any atom is -0.323 e. The number of rotatable bonds is 4. The molecule has 0 bridgehead atoms. The van der Waals surface area contributed by atoms with Gasteiger partial charge in [0.05, 0.1) is 5.71 Å². The third kappa shape index (κ3) is 3.73. The molecule has 0 aromatic heterocycles. The molecule has 0 unspecified atom stereocenters. The van der Waals surface area contributed by atoms with Crippen LogP contribution in [0.3, 0.4) is 0 Å². The highest BCUT2D eigenvalue weighted by atomic mass is 16.7. The normalized spacial score (nSPS) is 11.0. The molecule has 1 aromatic rings. The van der Waals surface area contributed by atoms with Crippen LogP contribution >= 0.6 is 0 Å². The van der Waals surface area contributed by atoms with E-state index in [4.69, 9.17) is 4.84 Å². The van der Waals surface area contributed by atoms with Crippen molar-refractivity contribution in [1.29, 1.82) is 0 Å². The lowest BCUT2D eigenvalue weighted by molar-refractivity contribution is 0.153. The van der Waals surface area contributed by atoms with Crippen molar-refractivity contribution in [2.24, 2.45) is 5.16 Å². The second kappa shape index (κ2) is 6.61. The van der Waals surface area contributed by atoms with Gasteiger partial charge in [-0.2, -0.15) is 0 Å². The molecule has 0 saturated carbocycles. The molecule has 1 amide bonds. The SMILES string of the molecule is CCC/C(=N/OC(=O)NC)c1ccccc1. The van der Waals surface area contributed by atoms with Crippen LogP contribution in [0.5, 0.6) is 0 Å². The molecule has 0 aliphatic carbocycles. The third-order valence-electron chi connectivity index (χ3n) is 2.04. The van der Waals surface area contributed by atoms with Gasteiger partial charge in [0.2, 0.25) is 0 Å². The molecule has 1 rings (SSSR count). The predicted octanol–water partition coefficient (Wildman–Crippen LogP) is 2.55. The van der Waals surface area contributed by atoms with Crippen molar-refractivity contribution in [2.75, 3.05) is 7.05 Å². The highest BCUT2D eigenvalue weighted by molar-refractivity contribution is 6.00. The Morgan fingerprint density at radius 2 is 2.06 bits per heavy atom. The van der Waals surface area contributed by atoms with Gasteiger partial charge in [-0.15, -0.1) is 0 Å². The van der Waals surface area contributed by atoms with E-state index in [1.807, 2.05) is 30.3 Å². The van der Waals surface area contributed by atoms with E-state index in [0.29, 0.717) is 0 Å². The Morgan fingerprint density at radius 3 is 2.62 bits per heavy atom. The Kier molecular flexibility index (Phi) is 5.05. The number of carbonyl (C=O) groups is 1. The minimum absolute atomic E-state index is 0.551. The number of nitrogens with one attached hydrogen (secondary N) is 1. The predicted molar refractivity (Wildman–Crippen MR) is 63.4 cm³/mol. The monoisotopic (exact) mass is 220 g/mol. The molecule has 0 spiro atoms. The maximum atomic E-state index is 10.9. The maximum Gasteiger partial charge on any atom is 0.433 e. The smallest absolute Gasteiger partial charge is 0.323 e. The van der Waals surface area contributed by atoms with Gasteiger partial charge in [-0.05, 0) is 12.0 Å². The number of nitrogens with zero attached hydrogens (tertiary/aromatic N) is 1. The summed E-state index contributed by atoms with van der Waals surface area (Å²) < 4.78 is 0. The Bertz CT molecular complexity index is 361. The molecule has 4 nitrogen and oxygen atoms in total. The Balaban J connectivity index is 2.78. The number of carbonyl (C=O) groups excluding carboxylic acids is 1. The molecule has 0 radical (unpaired) electrons. The van der Waals surface area contributed by atoms with Crippen LogP contribution in [-0.2, 0) is 4.84 Å². The van der Waals surface area contributed by atoms with Gasteiger partial charge in [-0.25, -0.2) is 4.79 Å². The van der Waals surface area contributed by atoms with Crippen molar-refractivity contribution >= 4 is 11.8 Å². The van der Waals surface area contributed by atoms with Crippen molar-refractivity contribution in [1.82, 2.24) is 5.32 Å². The average molecular weight is 220 g/mol. The van der Waals surface area contributed by atoms with Gasteiger partial charge in [-0.3, -0.25) is 4.84 Å². The lowest BCUT2D eigenvalue weighted by Gasteiger charge is -2.04. The van der Waals surface area contributed by atoms with E-state index in [1.165, 1.54) is 7.05 Å². The van der Waals surface area contributed by atoms with Crippen molar-refractivity contribution in [3.05, 3.63) is 35.9 Å². The van der Waals surface area contributed by atoms with E-state index < -0.39 is 6.09 Å². The molecule has 1 aromatic carbocycles. The zero-order chi connectivity index (χ0) is 11.8. The van der Waals surface area contributed by atoms with Crippen LogP contribution in [0.25, 0.3) is 0 Å². The van der Waals surface area contributed by atoms with Crippen LogP contribution in [0.1, 0.15) is 25.3 Å². The molecule has 1 N–H and O–H groups in total. The molecule has 0 fully saturated rings. The van der Waals surface area contributed by atoms with Crippen LogP contribution < -0.4 is 5.32 Å². The number of hydrogen-bond acceptors (Lipinski definition) is 3. The first-order valence-corrected chi connectivity index (χ1v) is 5.29. The molecule has 0 atom stereocenters. The van der Waals surface area contributed by atoms with Gasteiger partial charge >= 0.3 is 6.09 Å².